The zero-order valence-electron chi connectivity index (χ0n) is 11.1. The lowest BCUT2D eigenvalue weighted by Crippen LogP contribution is -2.50. The van der Waals surface area contributed by atoms with Crippen LogP contribution >= 0.6 is 0 Å². The second-order valence-corrected chi connectivity index (χ2v) is 5.28. The van der Waals surface area contributed by atoms with Crippen LogP contribution in [0.2, 0.25) is 0 Å². The molecule has 1 aliphatic heterocycles. The molecule has 0 bridgehead atoms. The highest BCUT2D eigenvalue weighted by Gasteiger charge is 2.26. The maximum absolute atomic E-state index is 5.52. The van der Waals surface area contributed by atoms with E-state index in [0.717, 1.165) is 25.3 Å². The summed E-state index contributed by atoms with van der Waals surface area (Å²) in [6.45, 7) is 4.65. The molecule has 3 rings (SSSR count). The molecule has 1 saturated heterocycles. The van der Waals surface area contributed by atoms with Gasteiger partial charge >= 0.3 is 0 Å². The summed E-state index contributed by atoms with van der Waals surface area (Å²) in [5.41, 5.74) is 2.93. The van der Waals surface area contributed by atoms with Gasteiger partial charge in [0.05, 0.1) is 7.11 Å². The average Bonchev–Trinajstić information content (AvgIpc) is 2.47. The number of ether oxygens (including phenoxy) is 1. The van der Waals surface area contributed by atoms with Crippen LogP contribution in [0.1, 0.15) is 17.5 Å². The Morgan fingerprint density at radius 2 is 2.11 bits per heavy atom. The second kappa shape index (κ2) is 5.29. The Bertz CT molecular complexity index is 399. The molecule has 0 aromatic heterocycles. The van der Waals surface area contributed by atoms with Crippen LogP contribution < -0.4 is 10.1 Å². The van der Waals surface area contributed by atoms with E-state index in [9.17, 15) is 0 Å². The van der Waals surface area contributed by atoms with E-state index < -0.39 is 0 Å². The number of rotatable bonds is 2. The van der Waals surface area contributed by atoms with Crippen molar-refractivity contribution in [2.45, 2.75) is 25.3 Å². The highest BCUT2D eigenvalue weighted by molar-refractivity contribution is 5.42. The van der Waals surface area contributed by atoms with Crippen LogP contribution in [-0.4, -0.2) is 44.2 Å². The van der Waals surface area contributed by atoms with E-state index >= 15 is 0 Å². The Morgan fingerprint density at radius 3 is 2.89 bits per heavy atom. The number of benzene rings is 1. The quantitative estimate of drug-likeness (QED) is 0.855. The Kier molecular flexibility index (Phi) is 3.52. The van der Waals surface area contributed by atoms with E-state index in [-0.39, 0.29) is 0 Å². The molecule has 1 aromatic rings. The van der Waals surface area contributed by atoms with Crippen LogP contribution in [0.3, 0.4) is 0 Å². The minimum absolute atomic E-state index is 0.705. The molecular formula is C15H22N2O. The third-order valence-electron chi connectivity index (χ3n) is 4.30. The van der Waals surface area contributed by atoms with Crippen molar-refractivity contribution in [2.24, 2.45) is 0 Å². The summed E-state index contributed by atoms with van der Waals surface area (Å²) in [6.07, 6.45) is 3.64. The van der Waals surface area contributed by atoms with E-state index in [4.69, 9.17) is 4.74 Å². The number of nitrogens with zero attached hydrogens (tertiary/aromatic N) is 1. The molecule has 0 amide bonds. The van der Waals surface area contributed by atoms with E-state index in [1.807, 2.05) is 0 Å². The van der Waals surface area contributed by atoms with Gasteiger partial charge in [0.2, 0.25) is 0 Å². The number of methoxy groups -OCH3 is 1. The smallest absolute Gasteiger partial charge is 0.122 e. The van der Waals surface area contributed by atoms with E-state index in [0.29, 0.717) is 6.04 Å². The monoisotopic (exact) mass is 246 g/mol. The van der Waals surface area contributed by atoms with E-state index in [1.54, 1.807) is 7.11 Å². The molecule has 0 saturated carbocycles. The van der Waals surface area contributed by atoms with Gasteiger partial charge in [0.15, 0.2) is 0 Å². The first-order valence-corrected chi connectivity index (χ1v) is 6.98. The molecule has 18 heavy (non-hydrogen) atoms. The normalized spacial score (nSPS) is 24.6. The summed E-state index contributed by atoms with van der Waals surface area (Å²) >= 11 is 0. The maximum Gasteiger partial charge on any atom is 0.122 e. The number of hydrogen-bond acceptors (Lipinski definition) is 3. The second-order valence-electron chi connectivity index (χ2n) is 5.28. The van der Waals surface area contributed by atoms with Gasteiger partial charge < -0.3 is 10.1 Å². The van der Waals surface area contributed by atoms with E-state index in [2.05, 4.69) is 28.4 Å². The zero-order valence-corrected chi connectivity index (χ0v) is 11.1. The molecular weight excluding hydrogens is 224 g/mol. The summed E-state index contributed by atoms with van der Waals surface area (Å²) in [5.74, 6) is 1.08. The number of aryl methyl sites for hydroxylation is 1. The molecule has 1 N–H and O–H groups in total. The lowest BCUT2D eigenvalue weighted by Gasteiger charge is -2.38. The molecule has 1 aliphatic carbocycles. The van der Waals surface area contributed by atoms with Gasteiger partial charge in [0.25, 0.3) is 0 Å². The predicted octanol–water partition coefficient (Wildman–Crippen LogP) is 1.46. The summed E-state index contributed by atoms with van der Waals surface area (Å²) in [5, 5.41) is 3.43. The fraction of sp³-hybridized carbons (Fsp3) is 0.600. The van der Waals surface area contributed by atoms with Crippen molar-refractivity contribution in [3.8, 4) is 5.75 Å². The Hall–Kier alpha value is -1.06. The highest BCUT2D eigenvalue weighted by atomic mass is 16.5. The van der Waals surface area contributed by atoms with Crippen molar-refractivity contribution in [3.05, 3.63) is 29.3 Å². The third kappa shape index (κ3) is 2.25. The van der Waals surface area contributed by atoms with Gasteiger partial charge in [-0.1, -0.05) is 12.1 Å². The first kappa shape index (κ1) is 12.0. The topological polar surface area (TPSA) is 24.5 Å². The van der Waals surface area contributed by atoms with E-state index in [1.165, 1.54) is 37.1 Å². The van der Waals surface area contributed by atoms with Crippen molar-refractivity contribution in [1.82, 2.24) is 10.2 Å². The molecule has 2 aliphatic rings. The third-order valence-corrected chi connectivity index (χ3v) is 4.30. The molecule has 1 atom stereocenters. The first-order valence-electron chi connectivity index (χ1n) is 6.98. The summed E-state index contributed by atoms with van der Waals surface area (Å²) in [6, 6.07) is 7.17. The summed E-state index contributed by atoms with van der Waals surface area (Å²) in [4.78, 5) is 2.64. The Morgan fingerprint density at radius 1 is 1.28 bits per heavy atom. The van der Waals surface area contributed by atoms with Crippen LogP contribution in [0.4, 0.5) is 0 Å². The van der Waals surface area contributed by atoms with Crippen molar-refractivity contribution >= 4 is 0 Å². The number of nitrogens with one attached hydrogen (secondary N) is 1. The fourth-order valence-electron chi connectivity index (χ4n) is 3.29. The van der Waals surface area contributed by atoms with Crippen molar-refractivity contribution in [2.75, 3.05) is 33.3 Å². The summed E-state index contributed by atoms with van der Waals surface area (Å²) in [7, 11) is 1.78. The number of piperazine rings is 1. The van der Waals surface area contributed by atoms with Crippen LogP contribution in [0, 0.1) is 0 Å². The molecule has 1 heterocycles. The van der Waals surface area contributed by atoms with Crippen LogP contribution in [-0.2, 0) is 12.8 Å². The minimum Gasteiger partial charge on any atom is -0.496 e. The molecule has 3 heteroatoms. The molecule has 0 spiro atoms. The zero-order chi connectivity index (χ0) is 12.4. The van der Waals surface area contributed by atoms with Gasteiger partial charge in [0, 0.05) is 32.2 Å². The largest absolute Gasteiger partial charge is 0.496 e. The predicted molar refractivity (Wildman–Crippen MR) is 73.2 cm³/mol. The van der Waals surface area contributed by atoms with Gasteiger partial charge in [-0.15, -0.1) is 0 Å². The molecule has 98 valence electrons. The molecule has 1 aromatic carbocycles. The first-order chi connectivity index (χ1) is 8.88. The Labute approximate surface area is 109 Å². The molecule has 0 radical (unpaired) electrons. The highest BCUT2D eigenvalue weighted by Crippen LogP contribution is 2.31. The standard InChI is InChI=1S/C15H22N2O/c1-18-15-4-2-3-12-5-6-13(11-14(12)15)17-9-7-16-8-10-17/h2-4,13,16H,5-11H2,1H3. The van der Waals surface area contributed by atoms with Crippen molar-refractivity contribution in [1.29, 1.82) is 0 Å². The Balaban J connectivity index is 1.79. The van der Waals surface area contributed by atoms with Crippen molar-refractivity contribution < 1.29 is 4.74 Å². The number of fused-ring (bicyclic) bond motifs is 1. The van der Waals surface area contributed by atoms with Gasteiger partial charge in [-0.25, -0.2) is 0 Å². The lowest BCUT2D eigenvalue weighted by atomic mass is 9.86. The molecule has 1 fully saturated rings. The average molecular weight is 246 g/mol. The van der Waals surface area contributed by atoms with Crippen LogP contribution in [0.5, 0.6) is 5.75 Å². The molecule has 1 unspecified atom stereocenters. The fourth-order valence-corrected chi connectivity index (χ4v) is 3.29. The summed E-state index contributed by atoms with van der Waals surface area (Å²) < 4.78 is 5.52. The van der Waals surface area contributed by atoms with Gasteiger partial charge in [-0.05, 0) is 36.5 Å². The van der Waals surface area contributed by atoms with Crippen LogP contribution in [0.15, 0.2) is 18.2 Å². The maximum atomic E-state index is 5.52. The van der Waals surface area contributed by atoms with Gasteiger partial charge in [0.1, 0.15) is 5.75 Å². The van der Waals surface area contributed by atoms with Gasteiger partial charge in [-0.2, -0.15) is 0 Å². The van der Waals surface area contributed by atoms with Crippen molar-refractivity contribution in [3.63, 3.8) is 0 Å². The SMILES string of the molecule is COc1cccc2c1CC(N1CCNCC1)CC2. The number of hydrogen-bond donors (Lipinski definition) is 1. The van der Waals surface area contributed by atoms with Crippen LogP contribution in [0.25, 0.3) is 0 Å². The minimum atomic E-state index is 0.705. The lowest BCUT2D eigenvalue weighted by molar-refractivity contribution is 0.158. The van der Waals surface area contributed by atoms with Gasteiger partial charge in [-0.3, -0.25) is 4.90 Å². The molecule has 3 nitrogen and oxygen atoms in total.